The van der Waals surface area contributed by atoms with Gasteiger partial charge in [-0.2, -0.15) is 0 Å². The fourth-order valence-electron chi connectivity index (χ4n) is 4.69. The molecule has 0 aliphatic carbocycles. The van der Waals surface area contributed by atoms with Crippen molar-refractivity contribution in [3.63, 3.8) is 0 Å². The van der Waals surface area contributed by atoms with Gasteiger partial charge in [-0.05, 0) is 36.2 Å². The Labute approximate surface area is 221 Å². The second-order valence-corrected chi connectivity index (χ2v) is 9.01. The minimum atomic E-state index is -0.551. The van der Waals surface area contributed by atoms with Crippen molar-refractivity contribution in [3.8, 4) is 17.2 Å². The zero-order chi connectivity index (χ0) is 26.5. The van der Waals surface area contributed by atoms with Crippen LogP contribution in [0.25, 0.3) is 10.8 Å². The molecule has 2 atom stereocenters. The van der Waals surface area contributed by atoms with Crippen molar-refractivity contribution < 1.29 is 33.2 Å². The van der Waals surface area contributed by atoms with Gasteiger partial charge >= 0.3 is 5.97 Å². The Kier molecular flexibility index (Phi) is 7.77. The summed E-state index contributed by atoms with van der Waals surface area (Å²) < 4.78 is 35.3. The van der Waals surface area contributed by atoms with Crippen LogP contribution in [0.3, 0.4) is 0 Å². The summed E-state index contributed by atoms with van der Waals surface area (Å²) in [5.74, 6) is 1.07. The van der Waals surface area contributed by atoms with Crippen molar-refractivity contribution in [1.29, 1.82) is 0 Å². The molecule has 0 aromatic heterocycles. The Morgan fingerprint density at radius 3 is 2.08 bits per heavy atom. The molecule has 1 heterocycles. The summed E-state index contributed by atoms with van der Waals surface area (Å²) in [6.45, 7) is 2.43. The molecule has 1 aliphatic rings. The molecule has 0 bridgehead atoms. The smallest absolute Gasteiger partial charge is 0.342 e. The average Bonchev–Trinajstić information content (AvgIpc) is 2.95. The normalized spacial score (nSPS) is 16.6. The molecule has 4 aromatic carbocycles. The van der Waals surface area contributed by atoms with E-state index >= 15 is 0 Å². The number of cyclic esters (lactones) is 1. The van der Waals surface area contributed by atoms with E-state index in [-0.39, 0.29) is 13.4 Å². The van der Waals surface area contributed by atoms with Gasteiger partial charge in [0.25, 0.3) is 0 Å². The summed E-state index contributed by atoms with van der Waals surface area (Å²) in [5, 5.41) is 1.37. The third-order valence-corrected chi connectivity index (χ3v) is 6.49. The standard InChI is InChI=1S/C31H30O7/c1-20-29(37-19-33-2)24-16-23-25(34-3)14-15-26(35-17-21-10-6-4-7-11-21)27(23)30(28(24)31(32)38-20)36-18-22-12-8-5-9-13-22/h4-16,20,29H,17-19H2,1-3H3/t20-,29-/m1/s1. The molecule has 0 saturated heterocycles. The van der Waals surface area contributed by atoms with Crippen molar-refractivity contribution in [3.05, 3.63) is 101 Å². The Morgan fingerprint density at radius 1 is 0.816 bits per heavy atom. The second-order valence-electron chi connectivity index (χ2n) is 9.01. The summed E-state index contributed by atoms with van der Waals surface area (Å²) in [6.07, 6.45) is -1.07. The Balaban J connectivity index is 1.69. The van der Waals surface area contributed by atoms with Gasteiger partial charge < -0.3 is 28.4 Å². The first-order valence-electron chi connectivity index (χ1n) is 12.4. The van der Waals surface area contributed by atoms with Crippen LogP contribution in [-0.4, -0.2) is 33.1 Å². The van der Waals surface area contributed by atoms with Gasteiger partial charge in [0.05, 0.1) is 12.5 Å². The van der Waals surface area contributed by atoms with Gasteiger partial charge in [-0.3, -0.25) is 0 Å². The number of hydrogen-bond acceptors (Lipinski definition) is 7. The summed E-state index contributed by atoms with van der Waals surface area (Å²) in [6, 6.07) is 25.2. The summed E-state index contributed by atoms with van der Waals surface area (Å²) >= 11 is 0. The van der Waals surface area contributed by atoms with Crippen molar-refractivity contribution >= 4 is 16.7 Å². The minimum Gasteiger partial charge on any atom is -0.496 e. The van der Waals surface area contributed by atoms with Gasteiger partial charge in [0.1, 0.15) is 55.0 Å². The SMILES string of the molecule is COCO[C@H]1c2cc3c(OC)ccc(OCc4ccccc4)c3c(OCc3ccccc3)c2C(=O)O[C@@H]1C. The van der Waals surface area contributed by atoms with Crippen molar-refractivity contribution in [2.45, 2.75) is 32.3 Å². The zero-order valence-corrected chi connectivity index (χ0v) is 21.6. The number of rotatable bonds is 10. The van der Waals surface area contributed by atoms with Crippen molar-refractivity contribution in [2.75, 3.05) is 21.0 Å². The number of benzene rings is 4. The largest absolute Gasteiger partial charge is 0.496 e. The molecule has 0 amide bonds. The molecule has 5 rings (SSSR count). The van der Waals surface area contributed by atoms with Crippen molar-refractivity contribution in [1.82, 2.24) is 0 Å². The van der Waals surface area contributed by atoms with Gasteiger partial charge in [0, 0.05) is 18.1 Å². The number of esters is 1. The van der Waals surface area contributed by atoms with E-state index < -0.39 is 18.2 Å². The number of methoxy groups -OCH3 is 2. The lowest BCUT2D eigenvalue weighted by molar-refractivity contribution is -0.118. The van der Waals surface area contributed by atoms with Gasteiger partial charge in [0.2, 0.25) is 0 Å². The number of ether oxygens (including phenoxy) is 6. The lowest BCUT2D eigenvalue weighted by atomic mass is 9.91. The van der Waals surface area contributed by atoms with E-state index in [0.29, 0.717) is 40.4 Å². The number of carbonyl (C=O) groups excluding carboxylic acids is 1. The zero-order valence-electron chi connectivity index (χ0n) is 21.6. The van der Waals surface area contributed by atoms with Crippen LogP contribution >= 0.6 is 0 Å². The third kappa shape index (κ3) is 5.16. The highest BCUT2D eigenvalue weighted by molar-refractivity contribution is 6.07. The molecular weight excluding hydrogens is 484 g/mol. The topological polar surface area (TPSA) is 72.5 Å². The molecule has 1 aliphatic heterocycles. The fraction of sp³-hybridized carbons (Fsp3) is 0.258. The molecule has 7 heteroatoms. The van der Waals surface area contributed by atoms with E-state index in [4.69, 9.17) is 28.4 Å². The molecule has 0 unspecified atom stereocenters. The van der Waals surface area contributed by atoms with E-state index in [1.807, 2.05) is 78.9 Å². The first kappa shape index (κ1) is 25.6. The van der Waals surface area contributed by atoms with Crippen LogP contribution in [0.5, 0.6) is 17.2 Å². The van der Waals surface area contributed by atoms with Gasteiger partial charge in [-0.15, -0.1) is 0 Å². The monoisotopic (exact) mass is 514 g/mol. The van der Waals surface area contributed by atoms with Crippen LogP contribution in [0.1, 0.15) is 40.1 Å². The molecule has 0 radical (unpaired) electrons. The predicted molar refractivity (Wildman–Crippen MR) is 143 cm³/mol. The summed E-state index contributed by atoms with van der Waals surface area (Å²) in [7, 11) is 3.16. The van der Waals surface area contributed by atoms with Crippen LogP contribution in [0.2, 0.25) is 0 Å². The summed E-state index contributed by atoms with van der Waals surface area (Å²) in [5.41, 5.74) is 2.94. The lowest BCUT2D eigenvalue weighted by Crippen LogP contribution is -2.32. The maximum absolute atomic E-state index is 13.4. The highest BCUT2D eigenvalue weighted by Crippen LogP contribution is 2.47. The third-order valence-electron chi connectivity index (χ3n) is 6.49. The minimum absolute atomic E-state index is 0.0433. The lowest BCUT2D eigenvalue weighted by Gasteiger charge is -2.32. The molecule has 196 valence electrons. The van der Waals surface area contributed by atoms with Crippen molar-refractivity contribution in [2.24, 2.45) is 0 Å². The van der Waals surface area contributed by atoms with Gasteiger partial charge in [-0.25, -0.2) is 4.79 Å². The number of carbonyl (C=O) groups is 1. The van der Waals surface area contributed by atoms with Crippen LogP contribution in [-0.2, 0) is 27.4 Å². The molecular formula is C31H30O7. The molecule has 0 saturated carbocycles. The van der Waals surface area contributed by atoms with Crippen LogP contribution in [0, 0.1) is 0 Å². The maximum atomic E-state index is 13.4. The molecule has 7 nitrogen and oxygen atoms in total. The van der Waals surface area contributed by atoms with Crippen LogP contribution in [0.15, 0.2) is 78.9 Å². The van der Waals surface area contributed by atoms with E-state index in [1.54, 1.807) is 21.1 Å². The predicted octanol–water partition coefficient (Wildman–Crippen LogP) is 6.23. The first-order chi connectivity index (χ1) is 18.6. The Morgan fingerprint density at radius 2 is 1.45 bits per heavy atom. The van der Waals surface area contributed by atoms with E-state index in [2.05, 4.69) is 0 Å². The van der Waals surface area contributed by atoms with Crippen LogP contribution in [0.4, 0.5) is 0 Å². The molecule has 0 N–H and O–H groups in total. The summed E-state index contributed by atoms with van der Waals surface area (Å²) in [4.78, 5) is 13.4. The Hall–Kier alpha value is -4.07. The molecule has 0 spiro atoms. The second kappa shape index (κ2) is 11.5. The Bertz CT molecular complexity index is 1400. The highest BCUT2D eigenvalue weighted by Gasteiger charge is 2.38. The van der Waals surface area contributed by atoms with E-state index in [1.165, 1.54) is 0 Å². The van der Waals surface area contributed by atoms with E-state index in [0.717, 1.165) is 16.5 Å². The quantitative estimate of drug-likeness (QED) is 0.184. The average molecular weight is 515 g/mol. The van der Waals surface area contributed by atoms with Crippen LogP contribution < -0.4 is 14.2 Å². The fourth-order valence-corrected chi connectivity index (χ4v) is 4.69. The van der Waals surface area contributed by atoms with Gasteiger partial charge in [-0.1, -0.05) is 60.7 Å². The number of fused-ring (bicyclic) bond motifs is 2. The van der Waals surface area contributed by atoms with Gasteiger partial charge in [0.15, 0.2) is 0 Å². The first-order valence-corrected chi connectivity index (χ1v) is 12.4. The van der Waals surface area contributed by atoms with E-state index in [9.17, 15) is 4.79 Å². The maximum Gasteiger partial charge on any atom is 0.342 e. The molecule has 4 aromatic rings. The molecule has 0 fully saturated rings. The highest BCUT2D eigenvalue weighted by atomic mass is 16.7. The molecule has 38 heavy (non-hydrogen) atoms. The number of hydrogen-bond donors (Lipinski definition) is 0.